The van der Waals surface area contributed by atoms with Gasteiger partial charge < -0.3 is 26.4 Å². The molecule has 2 fully saturated rings. The maximum absolute atomic E-state index is 12.9. The number of aliphatic hydroxyl groups is 1. The van der Waals surface area contributed by atoms with Gasteiger partial charge in [-0.2, -0.15) is 0 Å². The summed E-state index contributed by atoms with van der Waals surface area (Å²) in [5.41, 5.74) is 7.00. The highest BCUT2D eigenvalue weighted by Crippen LogP contribution is 2.32. The Labute approximate surface area is 184 Å². The predicted octanol–water partition coefficient (Wildman–Crippen LogP) is 1.41. The van der Waals surface area contributed by atoms with Crippen molar-refractivity contribution in [2.45, 2.75) is 31.4 Å². The molecule has 164 valence electrons. The Hall–Kier alpha value is -2.75. The molecule has 3 heterocycles. The summed E-state index contributed by atoms with van der Waals surface area (Å²) in [6, 6.07) is 10.3. The predicted molar refractivity (Wildman–Crippen MR) is 119 cm³/mol. The maximum Gasteiger partial charge on any atom is 0.264 e. The molecular weight excluding hydrogens is 416 g/mol. The average molecular weight is 443 g/mol. The van der Waals surface area contributed by atoms with Crippen LogP contribution in [0.25, 0.3) is 10.4 Å². The van der Waals surface area contributed by atoms with E-state index in [0.29, 0.717) is 4.88 Å². The number of carbonyl (C=O) groups excluding carboxylic acids is 3. The standard InChI is InChI=1S/C22H26N4O4S/c23-20(28)17-11-16(27)12-26(17)22(30)19-5-4-18(31-19)14-2-1-3-15(10-14)25-21(29)13-6-8-24-9-7-13/h1-5,10,13,16-17,24,27H,6-9,11-12H2,(H2,23,28)(H,25,29)/t16-,17+/m1/s1. The summed E-state index contributed by atoms with van der Waals surface area (Å²) < 4.78 is 0. The van der Waals surface area contributed by atoms with Gasteiger partial charge in [0.05, 0.1) is 11.0 Å². The van der Waals surface area contributed by atoms with Gasteiger partial charge >= 0.3 is 0 Å². The zero-order valence-corrected chi connectivity index (χ0v) is 17.9. The Morgan fingerprint density at radius 3 is 2.68 bits per heavy atom. The van der Waals surface area contributed by atoms with Gasteiger partial charge in [-0.3, -0.25) is 14.4 Å². The Kier molecular flexibility index (Phi) is 6.35. The number of primary amides is 1. The average Bonchev–Trinajstić information content (AvgIpc) is 3.41. The molecule has 0 spiro atoms. The molecule has 0 saturated carbocycles. The number of β-amino-alcohol motifs (C(OH)–C–C–N with tert-alkyl or cyclic N) is 1. The van der Waals surface area contributed by atoms with Crippen molar-refractivity contribution >= 4 is 34.7 Å². The zero-order chi connectivity index (χ0) is 22.0. The SMILES string of the molecule is NC(=O)[C@@H]1C[C@@H](O)CN1C(=O)c1ccc(-c2cccc(NC(=O)C3CCNCC3)c2)s1. The van der Waals surface area contributed by atoms with Gasteiger partial charge in [-0.25, -0.2) is 0 Å². The summed E-state index contributed by atoms with van der Waals surface area (Å²) in [5.74, 6) is -0.874. The second kappa shape index (κ2) is 9.17. The molecule has 1 aromatic carbocycles. The molecule has 2 aromatic rings. The van der Waals surface area contributed by atoms with E-state index in [9.17, 15) is 19.5 Å². The molecule has 0 bridgehead atoms. The lowest BCUT2D eigenvalue weighted by atomic mass is 9.97. The highest BCUT2D eigenvalue weighted by Gasteiger charge is 2.38. The van der Waals surface area contributed by atoms with Crippen LogP contribution >= 0.6 is 11.3 Å². The van der Waals surface area contributed by atoms with Crippen molar-refractivity contribution in [2.75, 3.05) is 25.0 Å². The van der Waals surface area contributed by atoms with Gasteiger partial charge in [-0.05, 0) is 55.8 Å². The Bertz CT molecular complexity index is 985. The molecule has 0 radical (unpaired) electrons. The highest BCUT2D eigenvalue weighted by molar-refractivity contribution is 7.17. The van der Waals surface area contributed by atoms with Crippen molar-refractivity contribution in [2.24, 2.45) is 11.7 Å². The first-order chi connectivity index (χ1) is 14.9. The van der Waals surface area contributed by atoms with Gasteiger partial charge in [0.15, 0.2) is 0 Å². The third kappa shape index (κ3) is 4.79. The van der Waals surface area contributed by atoms with Crippen LogP contribution in [0.15, 0.2) is 36.4 Å². The molecule has 2 atom stereocenters. The monoisotopic (exact) mass is 442 g/mol. The highest BCUT2D eigenvalue weighted by atomic mass is 32.1. The number of hydrogen-bond donors (Lipinski definition) is 4. The first-order valence-electron chi connectivity index (χ1n) is 10.4. The minimum atomic E-state index is -0.790. The van der Waals surface area contributed by atoms with Crippen LogP contribution in [0.2, 0.25) is 0 Å². The van der Waals surface area contributed by atoms with Gasteiger partial charge in [0.25, 0.3) is 5.91 Å². The fourth-order valence-corrected chi connectivity index (χ4v) is 5.09. The lowest BCUT2D eigenvalue weighted by molar-refractivity contribution is -0.122. The fourth-order valence-electron chi connectivity index (χ4n) is 4.14. The van der Waals surface area contributed by atoms with Crippen LogP contribution in [0.5, 0.6) is 0 Å². The van der Waals surface area contributed by atoms with E-state index in [0.717, 1.165) is 42.1 Å². The number of likely N-dealkylation sites (tertiary alicyclic amines) is 1. The molecule has 0 unspecified atom stereocenters. The summed E-state index contributed by atoms with van der Waals surface area (Å²) >= 11 is 1.31. The van der Waals surface area contributed by atoms with Crippen molar-refractivity contribution in [3.63, 3.8) is 0 Å². The van der Waals surface area contributed by atoms with Crippen LogP contribution in [0.4, 0.5) is 5.69 Å². The number of rotatable bonds is 5. The van der Waals surface area contributed by atoms with Crippen molar-refractivity contribution in [1.29, 1.82) is 0 Å². The van der Waals surface area contributed by atoms with E-state index in [2.05, 4.69) is 10.6 Å². The number of carbonyl (C=O) groups is 3. The lowest BCUT2D eigenvalue weighted by Crippen LogP contribution is -2.43. The van der Waals surface area contributed by atoms with Crippen molar-refractivity contribution in [3.05, 3.63) is 41.3 Å². The van der Waals surface area contributed by atoms with Crippen LogP contribution < -0.4 is 16.4 Å². The molecule has 0 aliphatic carbocycles. The molecule has 31 heavy (non-hydrogen) atoms. The second-order valence-corrected chi connectivity index (χ2v) is 9.11. The van der Waals surface area contributed by atoms with Gasteiger partial charge in [0.1, 0.15) is 6.04 Å². The van der Waals surface area contributed by atoms with E-state index in [-0.39, 0.29) is 30.7 Å². The van der Waals surface area contributed by atoms with Crippen LogP contribution in [-0.4, -0.2) is 59.5 Å². The molecule has 1 aromatic heterocycles. The van der Waals surface area contributed by atoms with E-state index in [4.69, 9.17) is 5.73 Å². The van der Waals surface area contributed by atoms with Crippen LogP contribution in [0, 0.1) is 5.92 Å². The van der Waals surface area contributed by atoms with Crippen LogP contribution in [-0.2, 0) is 9.59 Å². The number of piperidine rings is 1. The lowest BCUT2D eigenvalue weighted by Gasteiger charge is -2.21. The number of thiophene rings is 1. The third-order valence-corrected chi connectivity index (χ3v) is 6.93. The van der Waals surface area contributed by atoms with E-state index in [1.54, 1.807) is 6.07 Å². The molecule has 8 nitrogen and oxygen atoms in total. The van der Waals surface area contributed by atoms with Crippen molar-refractivity contribution in [1.82, 2.24) is 10.2 Å². The largest absolute Gasteiger partial charge is 0.391 e. The summed E-state index contributed by atoms with van der Waals surface area (Å²) in [6.45, 7) is 1.81. The second-order valence-electron chi connectivity index (χ2n) is 8.02. The number of nitrogens with two attached hydrogens (primary N) is 1. The number of amides is 3. The van der Waals surface area contributed by atoms with E-state index in [1.807, 2.05) is 30.3 Å². The number of benzene rings is 1. The molecule has 4 rings (SSSR count). The van der Waals surface area contributed by atoms with Gasteiger partial charge in [-0.1, -0.05) is 12.1 Å². The Morgan fingerprint density at radius 1 is 1.16 bits per heavy atom. The molecule has 2 saturated heterocycles. The Morgan fingerprint density at radius 2 is 1.94 bits per heavy atom. The first-order valence-corrected chi connectivity index (χ1v) is 11.2. The summed E-state index contributed by atoms with van der Waals surface area (Å²) in [4.78, 5) is 39.7. The van der Waals surface area contributed by atoms with E-state index in [1.165, 1.54) is 16.2 Å². The first kappa shape index (κ1) is 21.5. The van der Waals surface area contributed by atoms with Crippen LogP contribution in [0.3, 0.4) is 0 Å². The van der Waals surface area contributed by atoms with Crippen LogP contribution in [0.1, 0.15) is 28.9 Å². The third-order valence-electron chi connectivity index (χ3n) is 5.81. The fraction of sp³-hybridized carbons (Fsp3) is 0.409. The summed E-state index contributed by atoms with van der Waals surface area (Å²) in [7, 11) is 0. The number of hydrogen-bond acceptors (Lipinski definition) is 6. The number of anilines is 1. The summed E-state index contributed by atoms with van der Waals surface area (Å²) in [5, 5.41) is 16.1. The minimum absolute atomic E-state index is 0.0184. The quantitative estimate of drug-likeness (QED) is 0.557. The maximum atomic E-state index is 12.9. The number of nitrogens with one attached hydrogen (secondary N) is 2. The van der Waals surface area contributed by atoms with Crippen molar-refractivity contribution in [3.8, 4) is 10.4 Å². The molecule has 2 aliphatic heterocycles. The molecule has 2 aliphatic rings. The Balaban J connectivity index is 1.47. The number of aliphatic hydroxyl groups excluding tert-OH is 1. The molecule has 5 N–H and O–H groups in total. The van der Waals surface area contributed by atoms with Gasteiger partial charge in [0, 0.05) is 29.4 Å². The van der Waals surface area contributed by atoms with Crippen molar-refractivity contribution < 1.29 is 19.5 Å². The van der Waals surface area contributed by atoms with Gasteiger partial charge in [-0.15, -0.1) is 11.3 Å². The topological polar surface area (TPSA) is 125 Å². The smallest absolute Gasteiger partial charge is 0.264 e. The molecule has 3 amide bonds. The minimum Gasteiger partial charge on any atom is -0.391 e. The molecule has 9 heteroatoms. The molecular formula is C22H26N4O4S. The zero-order valence-electron chi connectivity index (χ0n) is 17.0. The summed E-state index contributed by atoms with van der Waals surface area (Å²) in [6.07, 6.45) is 1.08. The van der Waals surface area contributed by atoms with E-state index < -0.39 is 18.1 Å². The number of nitrogens with zero attached hydrogens (tertiary/aromatic N) is 1. The normalized spacial score (nSPS) is 21.8. The van der Waals surface area contributed by atoms with E-state index >= 15 is 0 Å². The van der Waals surface area contributed by atoms with Gasteiger partial charge in [0.2, 0.25) is 11.8 Å².